The van der Waals surface area contributed by atoms with E-state index in [1.165, 1.54) is 43.5 Å². The average molecular weight is 397 g/mol. The molecule has 3 aromatic rings. The largest absolute Gasteiger partial charge is 0.494 e. The maximum atomic E-state index is 12.9. The lowest BCUT2D eigenvalue weighted by molar-refractivity contribution is 0.0430. The van der Waals surface area contributed by atoms with Crippen molar-refractivity contribution < 1.29 is 23.2 Å². The molecule has 6 nitrogen and oxygen atoms in total. The van der Waals surface area contributed by atoms with Crippen molar-refractivity contribution in [3.8, 4) is 17.1 Å². The van der Waals surface area contributed by atoms with Gasteiger partial charge in [0.15, 0.2) is 12.4 Å². The van der Waals surface area contributed by atoms with Gasteiger partial charge in [-0.25, -0.2) is 9.18 Å². The highest BCUT2D eigenvalue weighted by Gasteiger charge is 2.16. The molecule has 0 spiro atoms. The SMILES string of the molecule is COc1c(Cl)cc(C(=O)OCc2nc(-c3ccc(F)cc3)no2)cc1Cl. The van der Waals surface area contributed by atoms with E-state index in [2.05, 4.69) is 10.1 Å². The first-order valence-electron chi connectivity index (χ1n) is 7.26. The molecule has 2 aromatic carbocycles. The Balaban J connectivity index is 1.68. The van der Waals surface area contributed by atoms with Gasteiger partial charge in [-0.2, -0.15) is 4.98 Å². The molecule has 0 aliphatic rings. The van der Waals surface area contributed by atoms with Gasteiger partial charge >= 0.3 is 5.97 Å². The second-order valence-electron chi connectivity index (χ2n) is 5.07. The van der Waals surface area contributed by atoms with Crippen molar-refractivity contribution in [3.63, 3.8) is 0 Å². The maximum Gasteiger partial charge on any atom is 0.338 e. The summed E-state index contributed by atoms with van der Waals surface area (Å²) in [4.78, 5) is 16.2. The Morgan fingerprint density at radius 1 is 1.19 bits per heavy atom. The molecule has 9 heteroatoms. The predicted molar refractivity (Wildman–Crippen MR) is 91.8 cm³/mol. The second-order valence-corrected chi connectivity index (χ2v) is 5.88. The van der Waals surface area contributed by atoms with Gasteiger partial charge < -0.3 is 14.0 Å². The molecule has 0 aliphatic heterocycles. The third-order valence-electron chi connectivity index (χ3n) is 3.34. The van der Waals surface area contributed by atoms with E-state index in [-0.39, 0.29) is 45.5 Å². The fourth-order valence-electron chi connectivity index (χ4n) is 2.11. The zero-order valence-electron chi connectivity index (χ0n) is 13.3. The number of ether oxygens (including phenoxy) is 2. The lowest BCUT2D eigenvalue weighted by atomic mass is 10.2. The van der Waals surface area contributed by atoms with Gasteiger partial charge in [-0.05, 0) is 36.4 Å². The molecule has 26 heavy (non-hydrogen) atoms. The van der Waals surface area contributed by atoms with Gasteiger partial charge in [-0.1, -0.05) is 28.4 Å². The smallest absolute Gasteiger partial charge is 0.338 e. The number of methoxy groups -OCH3 is 1. The van der Waals surface area contributed by atoms with Crippen molar-refractivity contribution in [2.24, 2.45) is 0 Å². The summed E-state index contributed by atoms with van der Waals surface area (Å²) in [5.74, 6) is -0.429. The minimum absolute atomic E-state index is 0.0865. The summed E-state index contributed by atoms with van der Waals surface area (Å²) in [6.45, 7) is -0.242. The Bertz CT molecular complexity index is 921. The topological polar surface area (TPSA) is 74.5 Å². The van der Waals surface area contributed by atoms with Crippen molar-refractivity contribution in [1.82, 2.24) is 10.1 Å². The average Bonchev–Trinajstić information content (AvgIpc) is 3.09. The number of hydrogen-bond acceptors (Lipinski definition) is 6. The Kier molecular flexibility index (Phi) is 5.39. The molecular weight excluding hydrogens is 386 g/mol. The summed E-state index contributed by atoms with van der Waals surface area (Å²) < 4.78 is 28.1. The van der Waals surface area contributed by atoms with Crippen LogP contribution in [0.3, 0.4) is 0 Å². The number of hydrogen-bond donors (Lipinski definition) is 0. The number of esters is 1. The highest BCUT2D eigenvalue weighted by Crippen LogP contribution is 2.34. The molecule has 0 unspecified atom stereocenters. The minimum Gasteiger partial charge on any atom is -0.494 e. The monoisotopic (exact) mass is 396 g/mol. The van der Waals surface area contributed by atoms with E-state index < -0.39 is 5.97 Å². The fraction of sp³-hybridized carbons (Fsp3) is 0.118. The van der Waals surface area contributed by atoms with Crippen molar-refractivity contribution in [2.45, 2.75) is 6.61 Å². The first-order chi connectivity index (χ1) is 12.5. The Morgan fingerprint density at radius 3 is 2.46 bits per heavy atom. The Labute approximate surface area is 157 Å². The third kappa shape index (κ3) is 3.95. The van der Waals surface area contributed by atoms with Crippen LogP contribution in [0.15, 0.2) is 40.9 Å². The van der Waals surface area contributed by atoms with E-state index in [0.29, 0.717) is 5.56 Å². The highest BCUT2D eigenvalue weighted by molar-refractivity contribution is 6.37. The number of rotatable bonds is 5. The quantitative estimate of drug-likeness (QED) is 0.589. The van der Waals surface area contributed by atoms with Crippen molar-refractivity contribution in [2.75, 3.05) is 7.11 Å². The van der Waals surface area contributed by atoms with Gasteiger partial charge in [0, 0.05) is 5.56 Å². The number of aromatic nitrogens is 2. The number of halogens is 3. The molecule has 0 amide bonds. The summed E-state index contributed by atoms with van der Waals surface area (Å²) in [5, 5.41) is 4.13. The van der Waals surface area contributed by atoms with E-state index in [9.17, 15) is 9.18 Å². The van der Waals surface area contributed by atoms with Crippen molar-refractivity contribution >= 4 is 29.2 Å². The van der Waals surface area contributed by atoms with Crippen LogP contribution in [0.4, 0.5) is 4.39 Å². The van der Waals surface area contributed by atoms with Gasteiger partial charge in [0.25, 0.3) is 5.89 Å². The Morgan fingerprint density at radius 2 is 1.85 bits per heavy atom. The van der Waals surface area contributed by atoms with Crippen molar-refractivity contribution in [3.05, 3.63) is 63.7 Å². The van der Waals surface area contributed by atoms with Crippen LogP contribution in [0.1, 0.15) is 16.2 Å². The van der Waals surface area contributed by atoms with Gasteiger partial charge in [0.05, 0.1) is 22.7 Å². The summed E-state index contributed by atoms with van der Waals surface area (Å²) in [7, 11) is 1.42. The molecule has 0 aliphatic carbocycles. The van der Waals surface area contributed by atoms with Gasteiger partial charge in [0.1, 0.15) is 5.82 Å². The molecule has 1 aromatic heterocycles. The van der Waals surface area contributed by atoms with Crippen LogP contribution in [0.2, 0.25) is 10.0 Å². The number of benzene rings is 2. The molecule has 134 valence electrons. The van der Waals surface area contributed by atoms with E-state index in [4.69, 9.17) is 37.2 Å². The summed E-state index contributed by atoms with van der Waals surface area (Å²) >= 11 is 12.0. The first-order valence-corrected chi connectivity index (χ1v) is 8.02. The fourth-order valence-corrected chi connectivity index (χ4v) is 2.75. The first kappa shape index (κ1) is 18.2. The maximum absolute atomic E-state index is 12.9. The molecule has 3 rings (SSSR count). The number of nitrogens with zero attached hydrogens (tertiary/aromatic N) is 2. The molecule has 0 N–H and O–H groups in total. The second kappa shape index (κ2) is 7.72. The lowest BCUT2D eigenvalue weighted by Gasteiger charge is -2.08. The molecule has 0 fully saturated rings. The lowest BCUT2D eigenvalue weighted by Crippen LogP contribution is -2.06. The van der Waals surface area contributed by atoms with Gasteiger partial charge in [0.2, 0.25) is 5.82 Å². The van der Waals surface area contributed by atoms with Crippen LogP contribution in [0.5, 0.6) is 5.75 Å². The highest BCUT2D eigenvalue weighted by atomic mass is 35.5. The molecule has 0 bridgehead atoms. The molecule has 0 radical (unpaired) electrons. The zero-order chi connectivity index (χ0) is 18.7. The van der Waals surface area contributed by atoms with E-state index >= 15 is 0 Å². The normalized spacial score (nSPS) is 10.6. The number of carbonyl (C=O) groups excluding carboxylic acids is 1. The minimum atomic E-state index is -0.669. The van der Waals surface area contributed by atoms with Crippen LogP contribution >= 0.6 is 23.2 Å². The predicted octanol–water partition coefficient (Wildman–Crippen LogP) is 4.55. The number of carbonyl (C=O) groups is 1. The van der Waals surface area contributed by atoms with Crippen LogP contribution in [-0.4, -0.2) is 23.2 Å². The summed E-state index contributed by atoms with van der Waals surface area (Å²) in [5.41, 5.74) is 0.723. The molecule has 0 atom stereocenters. The van der Waals surface area contributed by atoms with E-state index in [1.807, 2.05) is 0 Å². The van der Waals surface area contributed by atoms with Crippen LogP contribution in [0, 0.1) is 5.82 Å². The molecule has 0 saturated carbocycles. The van der Waals surface area contributed by atoms with Crippen LogP contribution in [0.25, 0.3) is 11.4 Å². The summed E-state index contributed by atoms with van der Waals surface area (Å²) in [6.07, 6.45) is 0. The van der Waals surface area contributed by atoms with Crippen molar-refractivity contribution in [1.29, 1.82) is 0 Å². The third-order valence-corrected chi connectivity index (χ3v) is 3.90. The standard InChI is InChI=1S/C17H11Cl2FN2O4/c1-24-15-12(18)6-10(7-13(15)19)17(23)25-8-14-21-16(22-26-14)9-2-4-11(20)5-3-9/h2-7H,8H2,1H3. The zero-order valence-corrected chi connectivity index (χ0v) is 14.8. The molecule has 1 heterocycles. The summed E-state index contributed by atoms with van der Waals surface area (Å²) in [6, 6.07) is 8.35. The molecule has 0 saturated heterocycles. The van der Waals surface area contributed by atoms with Crippen LogP contribution in [-0.2, 0) is 11.3 Å². The molecular formula is C17H11Cl2FN2O4. The van der Waals surface area contributed by atoms with Crippen LogP contribution < -0.4 is 4.74 Å². The Hall–Kier alpha value is -2.64. The van der Waals surface area contributed by atoms with E-state index in [0.717, 1.165) is 0 Å². The van der Waals surface area contributed by atoms with Gasteiger partial charge in [-0.15, -0.1) is 0 Å². The van der Waals surface area contributed by atoms with Gasteiger partial charge in [-0.3, -0.25) is 0 Å². The van der Waals surface area contributed by atoms with E-state index in [1.54, 1.807) is 0 Å².